The third-order valence-electron chi connectivity index (χ3n) is 16.8. The number of carbonyl (C=O) groups is 11. The topological polar surface area (TPSA) is 270 Å². The van der Waals surface area contributed by atoms with Crippen molar-refractivity contribution in [3.8, 4) is 0 Å². The van der Waals surface area contributed by atoms with Crippen molar-refractivity contribution in [2.45, 2.75) is 230 Å². The number of aliphatic hydroxyl groups excluding tert-OH is 1. The van der Waals surface area contributed by atoms with Crippen molar-refractivity contribution in [1.29, 1.82) is 0 Å². The van der Waals surface area contributed by atoms with Crippen molar-refractivity contribution in [1.82, 2.24) is 55.1 Å². The summed E-state index contributed by atoms with van der Waals surface area (Å²) in [6.45, 7) is 31.3. The monoisotopic (exact) mass is 1230 g/mol. The molecular formula is C64H115N11O12. The van der Waals surface area contributed by atoms with E-state index in [0.29, 0.717) is 6.42 Å². The zero-order chi connectivity index (χ0) is 67.6. The van der Waals surface area contributed by atoms with Crippen LogP contribution < -0.4 is 16.0 Å². The van der Waals surface area contributed by atoms with Gasteiger partial charge in [-0.25, -0.2) is 0 Å². The summed E-state index contributed by atoms with van der Waals surface area (Å²) in [5, 5.41) is 20.5. The van der Waals surface area contributed by atoms with E-state index in [0.717, 1.165) is 9.80 Å². The number of nitrogens with zero attached hydrogens (tertiary/aromatic N) is 8. The fourth-order valence-corrected chi connectivity index (χ4v) is 11.3. The van der Waals surface area contributed by atoms with Gasteiger partial charge in [0.15, 0.2) is 0 Å². The number of carbonyl (C=O) groups excluding carboxylic acids is 11. The van der Waals surface area contributed by atoms with Crippen molar-refractivity contribution in [3.63, 3.8) is 0 Å². The molecule has 0 aromatic heterocycles. The Balaban J connectivity index is 4.41. The Labute approximate surface area is 521 Å². The van der Waals surface area contributed by atoms with Crippen LogP contribution in [0.3, 0.4) is 0 Å². The Morgan fingerprint density at radius 3 is 1.34 bits per heavy atom. The first-order valence-corrected chi connectivity index (χ1v) is 31.5. The van der Waals surface area contributed by atoms with E-state index in [1.807, 2.05) is 61.5 Å². The molecule has 498 valence electrons. The SMILES string of the molecule is C/C=C/CC(C)C(O)C1C(=O)NC(CC)C(=O)N(C)CC(=O)N(C)C(CC(C)C)C(=O)NC(C(C)C)C(=O)N(C)C(CC(C)C)C(=O)NC(C)C(=O)N(CC)C(C)C(=O)N(C)C(CC(C)C)C(=O)N(C)C(CC(C)C)C(=O)N(C)C(C(C)C)C(=O)N1C. The van der Waals surface area contributed by atoms with Gasteiger partial charge < -0.3 is 60.3 Å². The van der Waals surface area contributed by atoms with Gasteiger partial charge in [-0.15, -0.1) is 0 Å². The molecule has 87 heavy (non-hydrogen) atoms. The average molecular weight is 1230 g/mol. The molecule has 1 aliphatic rings. The minimum atomic E-state index is -1.61. The van der Waals surface area contributed by atoms with Crippen LogP contribution in [0.4, 0.5) is 0 Å². The van der Waals surface area contributed by atoms with Crippen molar-refractivity contribution < 1.29 is 57.8 Å². The number of hydrogen-bond acceptors (Lipinski definition) is 12. The smallest absolute Gasteiger partial charge is 0.246 e. The standard InChI is InChI=1S/C64H115N11O12/c1-26-29-30-42(16)54(77)53-57(80)66-45(27-2)60(83)68(19)35-50(76)69(20)46(31-36(4)5)56(79)67-51(40(12)13)63(86)70(21)47(32-37(6)7)55(78)65-43(17)58(81)75(28-3)44(18)59(82)71(22)48(33-38(8)9)61(84)72(23)49(34-39(10)11)62(85)73(24)52(41(14)15)64(87)74(53)25/h26,29,36-49,51-54,77H,27-28,30-35H2,1-25H3,(H,65,78)(H,66,80)(H,67,79)/b29-26+. The van der Waals surface area contributed by atoms with Crippen LogP contribution in [0.2, 0.25) is 0 Å². The van der Waals surface area contributed by atoms with Crippen LogP contribution >= 0.6 is 0 Å². The highest BCUT2D eigenvalue weighted by atomic mass is 16.3. The second-order valence-electron chi connectivity index (χ2n) is 26.7. The predicted octanol–water partition coefficient (Wildman–Crippen LogP) is 4.00. The Morgan fingerprint density at radius 1 is 0.483 bits per heavy atom. The predicted molar refractivity (Wildman–Crippen MR) is 338 cm³/mol. The highest BCUT2D eigenvalue weighted by molar-refractivity contribution is 5.99. The molecule has 12 atom stereocenters. The van der Waals surface area contributed by atoms with Crippen molar-refractivity contribution in [2.24, 2.45) is 41.4 Å². The molecule has 1 aliphatic heterocycles. The summed E-state index contributed by atoms with van der Waals surface area (Å²) >= 11 is 0. The second-order valence-corrected chi connectivity index (χ2v) is 26.7. The molecule has 1 saturated heterocycles. The molecule has 0 aromatic rings. The number of nitrogens with one attached hydrogen (secondary N) is 3. The van der Waals surface area contributed by atoms with Gasteiger partial charge >= 0.3 is 0 Å². The molecule has 1 rings (SSSR count). The molecule has 0 aromatic carbocycles. The number of amides is 11. The van der Waals surface area contributed by atoms with Gasteiger partial charge in [-0.05, 0) is 108 Å². The highest BCUT2D eigenvalue weighted by Crippen LogP contribution is 2.26. The van der Waals surface area contributed by atoms with Crippen LogP contribution in [0.1, 0.15) is 163 Å². The number of aliphatic hydroxyl groups is 1. The molecule has 4 N–H and O–H groups in total. The van der Waals surface area contributed by atoms with E-state index in [2.05, 4.69) is 16.0 Å². The third-order valence-corrected chi connectivity index (χ3v) is 16.8. The van der Waals surface area contributed by atoms with E-state index in [9.17, 15) is 43.5 Å². The van der Waals surface area contributed by atoms with Gasteiger partial charge in [-0.2, -0.15) is 0 Å². The molecule has 0 radical (unpaired) electrons. The van der Waals surface area contributed by atoms with Crippen LogP contribution in [-0.4, -0.2) is 238 Å². The summed E-state index contributed by atoms with van der Waals surface area (Å²) in [4.78, 5) is 172. The van der Waals surface area contributed by atoms with E-state index in [-0.39, 0.29) is 62.3 Å². The Kier molecular flexibility index (Phi) is 32.4. The molecule has 0 spiro atoms. The second kappa shape index (κ2) is 35.8. The first-order valence-electron chi connectivity index (χ1n) is 31.5. The first kappa shape index (κ1) is 78.9. The summed E-state index contributed by atoms with van der Waals surface area (Å²) in [6.07, 6.45) is 3.06. The van der Waals surface area contributed by atoms with Gasteiger partial charge in [0.25, 0.3) is 0 Å². The van der Waals surface area contributed by atoms with E-state index in [4.69, 9.17) is 0 Å². The number of rotatable bonds is 16. The van der Waals surface area contributed by atoms with Crippen LogP contribution in [0.5, 0.6) is 0 Å². The van der Waals surface area contributed by atoms with Crippen molar-refractivity contribution in [2.75, 3.05) is 62.4 Å². The molecule has 1 fully saturated rings. The maximum atomic E-state index is 15.2. The van der Waals surface area contributed by atoms with E-state index < -0.39 is 156 Å². The maximum Gasteiger partial charge on any atom is 0.246 e. The fraction of sp³-hybridized carbons (Fsp3) is 0.797. The van der Waals surface area contributed by atoms with Crippen LogP contribution in [-0.2, 0) is 52.7 Å². The summed E-state index contributed by atoms with van der Waals surface area (Å²) in [7, 11) is 10.00. The van der Waals surface area contributed by atoms with E-state index >= 15 is 14.4 Å². The van der Waals surface area contributed by atoms with Crippen LogP contribution in [0, 0.1) is 41.4 Å². The van der Waals surface area contributed by atoms with Gasteiger partial charge in [0.05, 0.1) is 12.6 Å². The van der Waals surface area contributed by atoms with Crippen LogP contribution in [0.25, 0.3) is 0 Å². The van der Waals surface area contributed by atoms with Gasteiger partial charge in [0, 0.05) is 55.9 Å². The zero-order valence-electron chi connectivity index (χ0n) is 57.7. The number of hydrogen-bond donors (Lipinski definition) is 4. The lowest BCUT2D eigenvalue weighted by Gasteiger charge is -2.42. The lowest BCUT2D eigenvalue weighted by molar-refractivity contribution is -0.158. The van der Waals surface area contributed by atoms with Gasteiger partial charge in [0.2, 0.25) is 65.0 Å². The molecule has 12 unspecified atom stereocenters. The molecule has 1 heterocycles. The zero-order valence-corrected chi connectivity index (χ0v) is 57.7. The summed E-state index contributed by atoms with van der Waals surface area (Å²) in [5.74, 6) is -9.49. The van der Waals surface area contributed by atoms with E-state index in [1.54, 1.807) is 61.5 Å². The van der Waals surface area contributed by atoms with Gasteiger partial charge in [-0.1, -0.05) is 109 Å². The third kappa shape index (κ3) is 21.6. The fourth-order valence-electron chi connectivity index (χ4n) is 11.3. The van der Waals surface area contributed by atoms with Gasteiger partial charge in [0.1, 0.15) is 60.4 Å². The molecule has 0 saturated carbocycles. The van der Waals surface area contributed by atoms with E-state index in [1.165, 1.54) is 92.6 Å². The molecule has 11 amide bonds. The Hall–Kier alpha value is -6.13. The normalized spacial score (nSPS) is 26.7. The lowest BCUT2D eigenvalue weighted by Crippen LogP contribution is -2.63. The largest absolute Gasteiger partial charge is 0.390 e. The Bertz CT molecular complexity index is 2380. The van der Waals surface area contributed by atoms with Crippen LogP contribution in [0.15, 0.2) is 12.2 Å². The Morgan fingerprint density at radius 2 is 0.908 bits per heavy atom. The van der Waals surface area contributed by atoms with Crippen molar-refractivity contribution >= 4 is 65.0 Å². The molecule has 23 nitrogen and oxygen atoms in total. The highest BCUT2D eigenvalue weighted by Gasteiger charge is 2.46. The first-order chi connectivity index (χ1) is 40.2. The maximum absolute atomic E-state index is 15.2. The minimum Gasteiger partial charge on any atom is -0.390 e. The minimum absolute atomic E-state index is 0.0232. The molecule has 0 aliphatic carbocycles. The molecule has 23 heteroatoms. The quantitative estimate of drug-likeness (QED) is 0.160. The van der Waals surface area contributed by atoms with Gasteiger partial charge in [-0.3, -0.25) is 52.7 Å². The number of likely N-dealkylation sites (N-methyl/N-ethyl adjacent to an activating group) is 8. The molecule has 0 bridgehead atoms. The lowest BCUT2D eigenvalue weighted by atomic mass is 9.91. The average Bonchev–Trinajstić information content (AvgIpc) is 2.16. The summed E-state index contributed by atoms with van der Waals surface area (Å²) < 4.78 is 0. The number of allylic oxidation sites excluding steroid dienone is 2. The van der Waals surface area contributed by atoms with Crippen molar-refractivity contribution in [3.05, 3.63) is 12.2 Å². The molecular weight excluding hydrogens is 1110 g/mol. The summed E-state index contributed by atoms with van der Waals surface area (Å²) in [5.41, 5.74) is 0. The summed E-state index contributed by atoms with van der Waals surface area (Å²) in [6, 6.07) is -12.2.